The van der Waals surface area contributed by atoms with Gasteiger partial charge in [-0.3, -0.25) is 9.59 Å². The zero-order valence-corrected chi connectivity index (χ0v) is 63.7. The summed E-state index contributed by atoms with van der Waals surface area (Å²) in [6, 6.07) is 3.11. The molecule has 10 fully saturated rings. The molecule has 36 nitrogen and oxygen atoms in total. The molecular formula is C75H112O36. The van der Waals surface area contributed by atoms with E-state index in [1.165, 1.54) is 48.2 Å². The lowest BCUT2D eigenvalue weighted by molar-refractivity contribution is -0.388. The molecule has 111 heavy (non-hydrogen) atoms. The number of carboxylic acids is 1. The van der Waals surface area contributed by atoms with E-state index < -0.39 is 279 Å². The number of hydrogen-bond acceptors (Lipinski definition) is 35. The third kappa shape index (κ3) is 15.0. The number of aliphatic hydroxyl groups is 16. The van der Waals surface area contributed by atoms with Crippen molar-refractivity contribution in [3.05, 3.63) is 35.4 Å². The fraction of sp³-hybridized carbons (Fsp3) is 0.827. The molecule has 1 aromatic carbocycles. The third-order valence-corrected chi connectivity index (χ3v) is 26.9. The zero-order valence-electron chi connectivity index (χ0n) is 63.7. The fourth-order valence-electron chi connectivity index (χ4n) is 20.5. The number of rotatable bonds is 22. The van der Waals surface area contributed by atoms with E-state index in [9.17, 15) is 96.4 Å². The van der Waals surface area contributed by atoms with Crippen LogP contribution in [-0.2, 0) is 76.0 Å². The number of carbonyl (C=O) groups excluding carboxylic acids is 2. The van der Waals surface area contributed by atoms with Crippen LogP contribution in [0.4, 0.5) is 0 Å². The molecule has 1 aromatic rings. The van der Waals surface area contributed by atoms with Crippen LogP contribution in [0.2, 0.25) is 0 Å². The monoisotopic (exact) mass is 1590 g/mol. The summed E-state index contributed by atoms with van der Waals surface area (Å²) in [7, 11) is 4.22. The Hall–Kier alpha value is -4.57. The van der Waals surface area contributed by atoms with Crippen LogP contribution in [0.1, 0.15) is 112 Å². The van der Waals surface area contributed by atoms with Crippen LogP contribution in [0, 0.1) is 50.2 Å². The highest BCUT2D eigenvalue weighted by Crippen LogP contribution is 2.76. The van der Waals surface area contributed by atoms with E-state index in [2.05, 4.69) is 20.8 Å². The van der Waals surface area contributed by atoms with Crippen molar-refractivity contribution in [2.75, 3.05) is 61.0 Å². The minimum absolute atomic E-state index is 0.0230. The largest absolute Gasteiger partial charge is 0.493 e. The van der Waals surface area contributed by atoms with Crippen LogP contribution in [-0.4, -0.2) is 337 Å². The van der Waals surface area contributed by atoms with E-state index >= 15 is 4.79 Å². The summed E-state index contributed by atoms with van der Waals surface area (Å²) in [5.74, 6) is -4.19. The number of esters is 2. The van der Waals surface area contributed by atoms with Gasteiger partial charge >= 0.3 is 17.9 Å². The first kappa shape index (κ1) is 85.8. The number of hydrogen-bond donors (Lipinski definition) is 17. The van der Waals surface area contributed by atoms with Crippen LogP contribution in [0.15, 0.2) is 29.9 Å². The number of fused-ring (bicyclic) bond motifs is 7. The van der Waals surface area contributed by atoms with Crippen LogP contribution >= 0.6 is 0 Å². The molecule has 4 saturated carbocycles. The van der Waals surface area contributed by atoms with Gasteiger partial charge in [0.1, 0.15) is 103 Å². The summed E-state index contributed by atoms with van der Waals surface area (Å²) in [5.41, 5.74) is -7.77. The predicted octanol–water partition coefficient (Wildman–Crippen LogP) is -3.11. The number of allylic oxidation sites excluding steroid dienone is 1. The molecule has 0 spiro atoms. The molecule has 628 valence electrons. The average molecular weight is 1590 g/mol. The van der Waals surface area contributed by atoms with Crippen molar-refractivity contribution in [2.24, 2.45) is 50.2 Å². The minimum Gasteiger partial charge on any atom is -0.493 e. The summed E-state index contributed by atoms with van der Waals surface area (Å²) >= 11 is 0. The van der Waals surface area contributed by atoms with Gasteiger partial charge in [0.15, 0.2) is 55.2 Å². The Morgan fingerprint density at radius 3 is 1.78 bits per heavy atom. The molecule has 12 rings (SSSR count). The number of methoxy groups -OCH3 is 3. The number of ether oxygens (including phenoxy) is 16. The fourth-order valence-corrected chi connectivity index (χ4v) is 20.5. The van der Waals surface area contributed by atoms with Crippen molar-refractivity contribution in [2.45, 2.75) is 278 Å². The van der Waals surface area contributed by atoms with Gasteiger partial charge < -0.3 is 163 Å². The van der Waals surface area contributed by atoms with Gasteiger partial charge in [-0.25, -0.2) is 4.79 Å². The van der Waals surface area contributed by atoms with Crippen LogP contribution in [0.25, 0.3) is 6.08 Å². The van der Waals surface area contributed by atoms with Gasteiger partial charge in [0.2, 0.25) is 12.0 Å². The summed E-state index contributed by atoms with van der Waals surface area (Å²) < 4.78 is 95.6. The van der Waals surface area contributed by atoms with Crippen molar-refractivity contribution < 1.29 is 177 Å². The van der Waals surface area contributed by atoms with Gasteiger partial charge in [-0.15, -0.1) is 0 Å². The van der Waals surface area contributed by atoms with Crippen molar-refractivity contribution in [3.63, 3.8) is 0 Å². The van der Waals surface area contributed by atoms with Gasteiger partial charge in [-0.05, 0) is 136 Å². The lowest BCUT2D eigenvalue weighted by Crippen LogP contribution is -2.71. The summed E-state index contributed by atoms with van der Waals surface area (Å²) in [5, 5.41) is 191. The Kier molecular flexibility index (Phi) is 25.3. The Morgan fingerprint density at radius 1 is 0.559 bits per heavy atom. The molecule has 0 aromatic heterocycles. The first-order valence-corrected chi connectivity index (χ1v) is 38.0. The van der Waals surface area contributed by atoms with Gasteiger partial charge in [0.25, 0.3) is 0 Å². The van der Waals surface area contributed by atoms with E-state index in [4.69, 9.17) is 75.8 Å². The highest BCUT2D eigenvalue weighted by atomic mass is 16.8. The lowest BCUT2D eigenvalue weighted by Gasteiger charge is -2.71. The second kappa shape index (κ2) is 32.7. The molecule has 0 amide bonds. The Bertz CT molecular complexity index is 3480. The van der Waals surface area contributed by atoms with Crippen LogP contribution in [0.5, 0.6) is 17.2 Å². The number of carbonyl (C=O) groups is 3. The molecule has 0 radical (unpaired) electrons. The number of carboxylic acid groups (broad SMARTS) is 1. The lowest BCUT2D eigenvalue weighted by atomic mass is 9.33. The van der Waals surface area contributed by atoms with Crippen LogP contribution in [0.3, 0.4) is 0 Å². The molecule has 36 atom stereocenters. The van der Waals surface area contributed by atoms with Gasteiger partial charge in [-0.1, -0.05) is 39.3 Å². The molecule has 17 N–H and O–H groups in total. The smallest absolute Gasteiger partial charge is 0.331 e. The molecule has 6 saturated heterocycles. The predicted molar refractivity (Wildman–Crippen MR) is 371 cm³/mol. The third-order valence-electron chi connectivity index (χ3n) is 26.9. The minimum atomic E-state index is -2.31. The molecular weight excluding hydrogens is 1480 g/mol. The first-order valence-electron chi connectivity index (χ1n) is 38.0. The summed E-state index contributed by atoms with van der Waals surface area (Å²) in [6.07, 6.45) is -41.1. The van der Waals surface area contributed by atoms with Gasteiger partial charge in [0, 0.05) is 11.5 Å². The zero-order chi connectivity index (χ0) is 80.9. The van der Waals surface area contributed by atoms with E-state index in [-0.39, 0.29) is 49.4 Å². The second-order valence-corrected chi connectivity index (χ2v) is 33.7. The number of benzene rings is 1. The molecule has 36 heteroatoms. The second-order valence-electron chi connectivity index (χ2n) is 33.7. The number of aliphatic hydroxyl groups excluding tert-OH is 15. The van der Waals surface area contributed by atoms with Crippen LogP contribution < -0.4 is 14.2 Å². The topological polar surface area (TPSA) is 543 Å². The first-order chi connectivity index (χ1) is 52.3. The van der Waals surface area contributed by atoms with E-state index in [1.54, 1.807) is 12.1 Å². The molecule has 0 bridgehead atoms. The van der Waals surface area contributed by atoms with Gasteiger partial charge in [0.05, 0.1) is 90.1 Å². The Labute approximate surface area is 640 Å². The SMILES string of the molecule is COc1cc(/C=C/C(=O)O[C@@H]2[C@H](O)[C@@H](O[C@@H]3O[C@@H](C)[C@H](O[C@@H]4OC[C@@H](O)[C@H](O[C@@H]5OC[C@H](O)[C@H](O)[C@H]5O)[C@H]4O)[C@@H](O[C@@H]4OC[C@](O)(CO)[C@H]4O)[C@H]3O)[C@H](OC(=O)[C@]34CCC(C)(C)CC3C3=CCC5[C@@]6(C)CC(O)C(O[C@@H]7O[C@H](CO)[C@@H](O)[C@H](O)[C@H]7O)C(C)(C(=O)O)C6CC[C@@]5(C)[C@]3(CO)CC4)O[C@@H]2C)cc(OC)c1OC. The molecule has 6 heterocycles. The van der Waals surface area contributed by atoms with E-state index in [0.29, 0.717) is 31.2 Å². The Morgan fingerprint density at radius 2 is 1.15 bits per heavy atom. The Balaban J connectivity index is 0.857. The normalized spacial score (nSPS) is 48.4. The molecule has 6 unspecified atom stereocenters. The van der Waals surface area contributed by atoms with Crippen molar-refractivity contribution in [3.8, 4) is 17.2 Å². The molecule has 11 aliphatic rings. The standard InChI is InChI=1S/C75H112O36/c1-31-53(105-44(82)14-11-33-21-39(96-8)56(98-10)40(22-33)97-9)50(88)58(109-64-52(90)57(108-66-59(91)75(95,29-78)30-101-66)54(32(2)102-64)106-62-51(89)55(38(81)27-100-62)107-61-48(86)45(83)37(80)26-99-61)65(103-31)111-68(94)73-18-17-69(3,4)23-35(73)34-12-13-42-70(5)24-36(79)60(110-63-49(87)47(85)46(84)41(25-76)104-63)72(7,67(92)93)43(70)15-16-71(42,6)74(34,28-77)20-19-73/h11-12,14,21-22,31-32,35-38,41-43,45-55,57-66,76-81,83-91,95H,13,15-20,23-30H2,1-10H3,(H,92,93)/b14-11+/t31-,32+,35?,36?,37+,38-,41-,42?,43?,45+,46-,47+,48-,49-,50+,51-,52-,53+,54+,55+,57+,58-,59+,60?,61+,62+,63+,64+,65+,66+,70-,71-,72?,73+,74+,75-/m1/s1. The summed E-state index contributed by atoms with van der Waals surface area (Å²) in [4.78, 5) is 44.3. The number of aliphatic carboxylic acids is 1. The molecule has 6 aliphatic heterocycles. The van der Waals surface area contributed by atoms with Crippen molar-refractivity contribution in [1.82, 2.24) is 0 Å². The van der Waals surface area contributed by atoms with E-state index in [1.807, 2.05) is 13.0 Å². The molecule has 5 aliphatic carbocycles. The van der Waals surface area contributed by atoms with Gasteiger partial charge in [-0.2, -0.15) is 0 Å². The maximum Gasteiger partial charge on any atom is 0.331 e. The van der Waals surface area contributed by atoms with Crippen molar-refractivity contribution in [1.29, 1.82) is 0 Å². The summed E-state index contributed by atoms with van der Waals surface area (Å²) in [6.45, 7) is 8.42. The average Bonchev–Trinajstić information content (AvgIpc) is 1.10. The quantitative estimate of drug-likeness (QED) is 0.0236. The maximum absolute atomic E-state index is 16.2. The highest BCUT2D eigenvalue weighted by Gasteiger charge is 2.74. The van der Waals surface area contributed by atoms with Crippen molar-refractivity contribution >= 4 is 24.0 Å². The highest BCUT2D eigenvalue weighted by molar-refractivity contribution is 5.87. The maximum atomic E-state index is 16.2. The van der Waals surface area contributed by atoms with E-state index in [0.717, 1.165) is 11.6 Å².